The van der Waals surface area contributed by atoms with Crippen LogP contribution >= 0.6 is 0 Å². The quantitative estimate of drug-likeness (QED) is 0.496. The number of aliphatic carboxylic acids is 1. The predicted octanol–water partition coefficient (Wildman–Crippen LogP) is -0.674. The van der Waals surface area contributed by atoms with Crippen LogP contribution in [0, 0.1) is 5.92 Å². The van der Waals surface area contributed by atoms with Crippen LogP contribution in [0.2, 0.25) is 0 Å². The summed E-state index contributed by atoms with van der Waals surface area (Å²) in [5.41, 5.74) is 0. The molecule has 17 heavy (non-hydrogen) atoms. The van der Waals surface area contributed by atoms with Gasteiger partial charge in [0.05, 0.1) is 6.10 Å². The van der Waals surface area contributed by atoms with Crippen LogP contribution in [0.5, 0.6) is 0 Å². The molecular weight excluding hydrogens is 224 g/mol. The van der Waals surface area contributed by atoms with Gasteiger partial charge in [0.1, 0.15) is 0 Å². The monoisotopic (exact) mass is 244 g/mol. The lowest BCUT2D eigenvalue weighted by molar-refractivity contribution is -0.144. The molecule has 3 atom stereocenters. The Morgan fingerprint density at radius 1 is 1.53 bits per heavy atom. The minimum absolute atomic E-state index is 0.308. The second-order valence-corrected chi connectivity index (χ2v) is 4.52. The van der Waals surface area contributed by atoms with Crippen molar-refractivity contribution >= 4 is 11.9 Å². The van der Waals surface area contributed by atoms with Gasteiger partial charge in [-0.15, -0.1) is 0 Å². The summed E-state index contributed by atoms with van der Waals surface area (Å²) < 4.78 is 0. The fraction of sp³-hybridized carbons (Fsp3) is 0.818. The fourth-order valence-corrected chi connectivity index (χ4v) is 1.93. The highest BCUT2D eigenvalue weighted by Crippen LogP contribution is 2.14. The minimum atomic E-state index is -1.22. The van der Waals surface area contributed by atoms with Crippen LogP contribution in [0.25, 0.3) is 0 Å². The third kappa shape index (κ3) is 4.70. The van der Waals surface area contributed by atoms with Gasteiger partial charge < -0.3 is 20.8 Å². The van der Waals surface area contributed by atoms with Gasteiger partial charge in [-0.25, -0.2) is 4.79 Å². The van der Waals surface area contributed by atoms with E-state index >= 15 is 0 Å². The molecule has 0 aromatic heterocycles. The molecule has 1 unspecified atom stereocenters. The molecule has 1 amide bonds. The molecule has 1 fully saturated rings. The van der Waals surface area contributed by atoms with Gasteiger partial charge in [0.2, 0.25) is 5.91 Å². The van der Waals surface area contributed by atoms with E-state index in [4.69, 9.17) is 5.11 Å². The van der Waals surface area contributed by atoms with Crippen LogP contribution in [-0.2, 0) is 9.59 Å². The third-order valence-corrected chi connectivity index (χ3v) is 3.01. The molecule has 6 heteroatoms. The van der Waals surface area contributed by atoms with Crippen LogP contribution in [-0.4, -0.2) is 47.3 Å². The van der Waals surface area contributed by atoms with E-state index < -0.39 is 18.1 Å². The van der Waals surface area contributed by atoms with Gasteiger partial charge in [-0.3, -0.25) is 4.79 Å². The molecule has 1 aliphatic heterocycles. The highest BCUT2D eigenvalue weighted by atomic mass is 16.4. The van der Waals surface area contributed by atoms with Crippen molar-refractivity contribution in [1.29, 1.82) is 0 Å². The molecule has 0 radical (unpaired) electrons. The highest BCUT2D eigenvalue weighted by molar-refractivity contribution is 5.83. The fourth-order valence-electron chi connectivity index (χ4n) is 1.93. The minimum Gasteiger partial charge on any atom is -0.480 e. The number of rotatable bonds is 6. The maximum absolute atomic E-state index is 11.5. The number of aliphatic hydroxyl groups excluding tert-OH is 1. The van der Waals surface area contributed by atoms with Crippen LogP contribution in [0.15, 0.2) is 0 Å². The van der Waals surface area contributed by atoms with Crippen LogP contribution in [0.4, 0.5) is 0 Å². The second-order valence-electron chi connectivity index (χ2n) is 4.52. The van der Waals surface area contributed by atoms with E-state index in [1.165, 1.54) is 6.92 Å². The van der Waals surface area contributed by atoms with Crippen molar-refractivity contribution in [2.24, 2.45) is 5.92 Å². The molecule has 0 aromatic carbocycles. The lowest BCUT2D eigenvalue weighted by atomic mass is 10.0. The first kappa shape index (κ1) is 13.9. The molecule has 1 saturated heterocycles. The predicted molar refractivity (Wildman–Crippen MR) is 61.5 cm³/mol. The summed E-state index contributed by atoms with van der Waals surface area (Å²) in [6.45, 7) is 3.25. The van der Waals surface area contributed by atoms with Gasteiger partial charge in [-0.2, -0.15) is 0 Å². The molecule has 0 spiro atoms. The Hall–Kier alpha value is -1.14. The number of carbonyl (C=O) groups excluding carboxylic acids is 1. The summed E-state index contributed by atoms with van der Waals surface area (Å²) in [6, 6.07) is -1.22. The van der Waals surface area contributed by atoms with E-state index in [-0.39, 0.29) is 5.91 Å². The molecule has 4 N–H and O–H groups in total. The number of aliphatic hydroxyl groups is 1. The van der Waals surface area contributed by atoms with E-state index in [1.807, 2.05) is 0 Å². The summed E-state index contributed by atoms with van der Waals surface area (Å²) in [4.78, 5) is 22.3. The van der Waals surface area contributed by atoms with Crippen LogP contribution < -0.4 is 10.6 Å². The maximum atomic E-state index is 11.5. The van der Waals surface area contributed by atoms with E-state index in [0.29, 0.717) is 12.3 Å². The summed E-state index contributed by atoms with van der Waals surface area (Å²) >= 11 is 0. The first-order valence-corrected chi connectivity index (χ1v) is 5.91. The third-order valence-electron chi connectivity index (χ3n) is 3.01. The molecule has 6 nitrogen and oxygen atoms in total. The van der Waals surface area contributed by atoms with Crippen molar-refractivity contribution in [2.45, 2.75) is 38.3 Å². The average molecular weight is 244 g/mol. The molecule has 1 heterocycles. The number of carboxylic acids is 1. The van der Waals surface area contributed by atoms with Crippen molar-refractivity contribution in [3.8, 4) is 0 Å². The number of hydrogen-bond donors (Lipinski definition) is 4. The van der Waals surface area contributed by atoms with Gasteiger partial charge >= 0.3 is 5.97 Å². The largest absolute Gasteiger partial charge is 0.480 e. The van der Waals surface area contributed by atoms with Crippen molar-refractivity contribution < 1.29 is 19.8 Å². The average Bonchev–Trinajstić information content (AvgIpc) is 2.74. The van der Waals surface area contributed by atoms with Crippen LogP contribution in [0.1, 0.15) is 26.2 Å². The van der Waals surface area contributed by atoms with Crippen molar-refractivity contribution in [3.63, 3.8) is 0 Å². The molecule has 0 aliphatic carbocycles. The standard InChI is InChI=1S/C11H20N2O4/c1-7(14)10(11(16)17)13-9(15)3-2-8-4-5-12-6-8/h7-8,10,12,14H,2-6H2,1H3,(H,13,15)(H,16,17)/t7-,8?,10+/m1/s1. The Morgan fingerprint density at radius 3 is 2.71 bits per heavy atom. The lowest BCUT2D eigenvalue weighted by Crippen LogP contribution is -2.47. The zero-order valence-electron chi connectivity index (χ0n) is 9.98. The molecule has 0 saturated carbocycles. The normalized spacial score (nSPS) is 23.1. The van der Waals surface area contributed by atoms with E-state index in [0.717, 1.165) is 25.9 Å². The highest BCUT2D eigenvalue weighted by Gasteiger charge is 2.25. The SMILES string of the molecule is C[C@@H](O)[C@H](NC(=O)CCC1CCNC1)C(=O)O. The van der Waals surface area contributed by atoms with Gasteiger partial charge in [0.15, 0.2) is 6.04 Å². The molecular formula is C11H20N2O4. The Kier molecular flexibility index (Phi) is 5.37. The van der Waals surface area contributed by atoms with Gasteiger partial charge in [-0.05, 0) is 38.8 Å². The molecule has 0 aromatic rings. The zero-order chi connectivity index (χ0) is 12.8. The molecule has 0 bridgehead atoms. The van der Waals surface area contributed by atoms with Gasteiger partial charge in [0.25, 0.3) is 0 Å². The summed E-state index contributed by atoms with van der Waals surface area (Å²) in [5, 5.41) is 23.5. The van der Waals surface area contributed by atoms with Crippen LogP contribution in [0.3, 0.4) is 0 Å². The Bertz CT molecular complexity index is 275. The summed E-state index contributed by atoms with van der Waals surface area (Å²) in [6.07, 6.45) is 1.03. The number of carboxylic acid groups (broad SMARTS) is 1. The van der Waals surface area contributed by atoms with Gasteiger partial charge in [-0.1, -0.05) is 0 Å². The van der Waals surface area contributed by atoms with Crippen molar-refractivity contribution in [1.82, 2.24) is 10.6 Å². The zero-order valence-corrected chi connectivity index (χ0v) is 9.98. The van der Waals surface area contributed by atoms with Gasteiger partial charge in [0, 0.05) is 6.42 Å². The Morgan fingerprint density at radius 2 is 2.24 bits per heavy atom. The number of nitrogens with one attached hydrogen (secondary N) is 2. The van der Waals surface area contributed by atoms with E-state index in [2.05, 4.69) is 10.6 Å². The van der Waals surface area contributed by atoms with Crippen molar-refractivity contribution in [2.75, 3.05) is 13.1 Å². The Labute approximate surface area is 100 Å². The first-order chi connectivity index (χ1) is 8.00. The smallest absolute Gasteiger partial charge is 0.328 e. The van der Waals surface area contributed by atoms with E-state index in [1.54, 1.807) is 0 Å². The molecule has 1 aliphatic rings. The second kappa shape index (κ2) is 6.56. The van der Waals surface area contributed by atoms with Crippen molar-refractivity contribution in [3.05, 3.63) is 0 Å². The molecule has 1 rings (SSSR count). The maximum Gasteiger partial charge on any atom is 0.328 e. The lowest BCUT2D eigenvalue weighted by Gasteiger charge is -2.17. The summed E-state index contributed by atoms with van der Waals surface area (Å²) in [5.74, 6) is -1.03. The number of amides is 1. The van der Waals surface area contributed by atoms with E-state index in [9.17, 15) is 14.7 Å². The Balaban J connectivity index is 2.29. The number of carbonyl (C=O) groups is 2. The molecule has 98 valence electrons. The number of hydrogen-bond acceptors (Lipinski definition) is 4. The first-order valence-electron chi connectivity index (χ1n) is 5.91. The summed E-state index contributed by atoms with van der Waals surface area (Å²) in [7, 11) is 0. The topological polar surface area (TPSA) is 98.7 Å².